The SMILES string of the molecule is CC/C=C\C/C=C\C/C=C\CCCCCCCC(=O)OC(COC(=O)CCCCCCCCCCCCCCCCCCC)COC1OC(C(=O)O)C(O)C(O)C1OC(=O)CCCCCCCCCCCCCCCCCCCCC. The van der Waals surface area contributed by atoms with Crippen LogP contribution in [0.25, 0.3) is 0 Å². The van der Waals surface area contributed by atoms with E-state index in [1.165, 1.54) is 180 Å². The summed E-state index contributed by atoms with van der Waals surface area (Å²) < 4.78 is 28.6. The van der Waals surface area contributed by atoms with Gasteiger partial charge in [0.15, 0.2) is 24.6 Å². The number of unbranched alkanes of at least 4 members (excludes halogenated alkanes) is 39. The summed E-state index contributed by atoms with van der Waals surface area (Å²) in [6.45, 7) is 5.94. The Labute approximate surface area is 495 Å². The molecule has 0 amide bonds. The number of carbonyl (C=O) groups excluding carboxylic acids is 3. The summed E-state index contributed by atoms with van der Waals surface area (Å²) in [6.07, 6.45) is 56.7. The first kappa shape index (κ1) is 76.0. The Balaban J connectivity index is 2.62. The van der Waals surface area contributed by atoms with E-state index in [1.54, 1.807) is 0 Å². The number of carboxylic acid groups (broad SMARTS) is 1. The lowest BCUT2D eigenvalue weighted by molar-refractivity contribution is -0.301. The number of aliphatic hydroxyl groups is 2. The molecular weight excluding hydrogens is 1020 g/mol. The van der Waals surface area contributed by atoms with E-state index in [-0.39, 0.29) is 25.9 Å². The molecule has 0 aromatic carbocycles. The number of hydrogen-bond acceptors (Lipinski definition) is 11. The zero-order chi connectivity index (χ0) is 58.9. The number of carbonyl (C=O) groups is 4. The van der Waals surface area contributed by atoms with Gasteiger partial charge in [-0.05, 0) is 51.4 Å². The molecule has 1 rings (SSSR count). The molecule has 0 aromatic rings. The number of allylic oxidation sites excluding steroid dienone is 6. The van der Waals surface area contributed by atoms with Crippen LogP contribution in [0.1, 0.15) is 329 Å². The van der Waals surface area contributed by atoms with E-state index in [0.29, 0.717) is 19.3 Å². The molecule has 1 aliphatic heterocycles. The third-order valence-electron chi connectivity index (χ3n) is 15.7. The largest absolute Gasteiger partial charge is 0.479 e. The molecule has 0 spiro atoms. The Morgan fingerprint density at radius 1 is 0.420 bits per heavy atom. The maximum absolute atomic E-state index is 13.2. The van der Waals surface area contributed by atoms with Crippen LogP contribution in [0.2, 0.25) is 0 Å². The smallest absolute Gasteiger partial charge is 0.335 e. The van der Waals surface area contributed by atoms with Gasteiger partial charge in [-0.15, -0.1) is 0 Å². The molecular formula is C69H124O12. The van der Waals surface area contributed by atoms with Gasteiger partial charge in [0.05, 0.1) is 6.61 Å². The van der Waals surface area contributed by atoms with Crippen LogP contribution in [0.4, 0.5) is 0 Å². The number of rotatable bonds is 59. The Morgan fingerprint density at radius 3 is 1.19 bits per heavy atom. The van der Waals surface area contributed by atoms with Crippen molar-refractivity contribution in [1.82, 2.24) is 0 Å². The molecule has 1 saturated heterocycles. The molecule has 0 saturated carbocycles. The second-order valence-electron chi connectivity index (χ2n) is 23.4. The van der Waals surface area contributed by atoms with Crippen LogP contribution in [0.5, 0.6) is 0 Å². The van der Waals surface area contributed by atoms with Gasteiger partial charge in [-0.3, -0.25) is 14.4 Å². The topological polar surface area (TPSA) is 175 Å². The summed E-state index contributed by atoms with van der Waals surface area (Å²) in [5, 5.41) is 31.6. The monoisotopic (exact) mass is 1140 g/mol. The van der Waals surface area contributed by atoms with Gasteiger partial charge in [0.25, 0.3) is 0 Å². The molecule has 12 heteroatoms. The quantitative estimate of drug-likeness (QED) is 0.0228. The molecule has 1 heterocycles. The van der Waals surface area contributed by atoms with Crippen LogP contribution in [0.15, 0.2) is 36.5 Å². The molecule has 1 fully saturated rings. The minimum atomic E-state index is -1.90. The molecule has 0 bridgehead atoms. The van der Waals surface area contributed by atoms with Crippen LogP contribution in [0.3, 0.4) is 0 Å². The third-order valence-corrected chi connectivity index (χ3v) is 15.7. The lowest BCUT2D eigenvalue weighted by atomic mass is 9.98. The van der Waals surface area contributed by atoms with Crippen molar-refractivity contribution < 1.29 is 58.2 Å². The average molecular weight is 1150 g/mol. The standard InChI is InChI=1S/C69H124O12/c1-4-7-10-13-16-19-22-25-28-30-31-33-36-39-42-45-48-51-54-57-63(72)80-67-65(74)64(73)66(68(75)76)81-69(67)78-59-60(79-62(71)56-53-50-47-44-41-38-34-27-24-21-18-15-12-9-6-3)58-77-61(70)55-52-49-46-43-40-37-35-32-29-26-23-20-17-14-11-8-5-2/h9,12,18,21,27,34,60,64-67,69,73-74H,4-8,10-11,13-17,19-20,22-26,28-33,35-59H2,1-3H3,(H,75,76)/b12-9-,21-18-,34-27-. The van der Waals surface area contributed by atoms with Crippen molar-refractivity contribution in [3.05, 3.63) is 36.5 Å². The molecule has 6 unspecified atom stereocenters. The molecule has 6 atom stereocenters. The van der Waals surface area contributed by atoms with Crippen molar-refractivity contribution >= 4 is 23.9 Å². The fourth-order valence-corrected chi connectivity index (χ4v) is 10.6. The highest BCUT2D eigenvalue weighted by Gasteiger charge is 2.50. The summed E-state index contributed by atoms with van der Waals surface area (Å²) in [7, 11) is 0. The number of ether oxygens (including phenoxy) is 5. The van der Waals surface area contributed by atoms with Crippen LogP contribution >= 0.6 is 0 Å². The predicted octanol–water partition coefficient (Wildman–Crippen LogP) is 18.4. The minimum Gasteiger partial charge on any atom is -0.479 e. The van der Waals surface area contributed by atoms with Crippen molar-refractivity contribution in [3.63, 3.8) is 0 Å². The van der Waals surface area contributed by atoms with Gasteiger partial charge in [-0.1, -0.05) is 295 Å². The maximum Gasteiger partial charge on any atom is 0.335 e. The normalized spacial score (nSPS) is 17.9. The lowest BCUT2D eigenvalue weighted by Gasteiger charge is -2.40. The highest BCUT2D eigenvalue weighted by Crippen LogP contribution is 2.27. The number of carboxylic acids is 1. The van der Waals surface area contributed by atoms with Gasteiger partial charge < -0.3 is 39.0 Å². The van der Waals surface area contributed by atoms with E-state index in [2.05, 4.69) is 57.2 Å². The summed E-state index contributed by atoms with van der Waals surface area (Å²) in [4.78, 5) is 51.4. The fraction of sp³-hybridized carbons (Fsp3) is 0.855. The summed E-state index contributed by atoms with van der Waals surface area (Å²) in [5.74, 6) is -3.10. The Bertz CT molecular complexity index is 1550. The second-order valence-corrected chi connectivity index (χ2v) is 23.4. The van der Waals surface area contributed by atoms with E-state index in [1.807, 2.05) is 0 Å². The molecule has 12 nitrogen and oxygen atoms in total. The van der Waals surface area contributed by atoms with Crippen molar-refractivity contribution in [3.8, 4) is 0 Å². The molecule has 1 aliphatic rings. The molecule has 0 aliphatic carbocycles. The second kappa shape index (κ2) is 57.4. The van der Waals surface area contributed by atoms with E-state index in [9.17, 15) is 34.5 Å². The van der Waals surface area contributed by atoms with Gasteiger partial charge in [0.2, 0.25) is 0 Å². The van der Waals surface area contributed by atoms with Crippen LogP contribution < -0.4 is 0 Å². The Hall–Kier alpha value is -3.06. The van der Waals surface area contributed by atoms with E-state index in [4.69, 9.17) is 23.7 Å². The van der Waals surface area contributed by atoms with Gasteiger partial charge in [-0.2, -0.15) is 0 Å². The molecule has 81 heavy (non-hydrogen) atoms. The average Bonchev–Trinajstić information content (AvgIpc) is 3.52. The molecule has 472 valence electrons. The molecule has 0 radical (unpaired) electrons. The van der Waals surface area contributed by atoms with Crippen molar-refractivity contribution in [2.75, 3.05) is 13.2 Å². The number of aliphatic carboxylic acids is 1. The van der Waals surface area contributed by atoms with Crippen LogP contribution in [0, 0.1) is 0 Å². The van der Waals surface area contributed by atoms with Gasteiger partial charge in [-0.25, -0.2) is 4.79 Å². The maximum atomic E-state index is 13.2. The lowest BCUT2D eigenvalue weighted by Crippen LogP contribution is -2.61. The first-order valence-electron chi connectivity index (χ1n) is 34.0. The first-order chi connectivity index (χ1) is 39.6. The predicted molar refractivity (Wildman–Crippen MR) is 331 cm³/mol. The summed E-state index contributed by atoms with van der Waals surface area (Å²) >= 11 is 0. The van der Waals surface area contributed by atoms with Gasteiger partial charge in [0, 0.05) is 19.3 Å². The summed E-state index contributed by atoms with van der Waals surface area (Å²) in [5.41, 5.74) is 0. The number of hydrogen-bond donors (Lipinski definition) is 3. The minimum absolute atomic E-state index is 0.0649. The van der Waals surface area contributed by atoms with Gasteiger partial charge >= 0.3 is 23.9 Å². The van der Waals surface area contributed by atoms with Crippen LogP contribution in [-0.2, 0) is 42.9 Å². The van der Waals surface area contributed by atoms with Crippen molar-refractivity contribution in [1.29, 1.82) is 0 Å². The first-order valence-corrected chi connectivity index (χ1v) is 34.0. The van der Waals surface area contributed by atoms with Crippen molar-refractivity contribution in [2.24, 2.45) is 0 Å². The van der Waals surface area contributed by atoms with E-state index in [0.717, 1.165) is 89.9 Å². The van der Waals surface area contributed by atoms with E-state index < -0.39 is 67.3 Å². The molecule has 3 N–H and O–H groups in total. The third kappa shape index (κ3) is 46.9. The highest BCUT2D eigenvalue weighted by atomic mass is 16.7. The molecule has 0 aromatic heterocycles. The van der Waals surface area contributed by atoms with Crippen LogP contribution in [-0.4, -0.2) is 89.2 Å². The Kier molecular flexibility index (Phi) is 53.8. The van der Waals surface area contributed by atoms with Gasteiger partial charge in [0.1, 0.15) is 18.8 Å². The number of aliphatic hydroxyl groups excluding tert-OH is 2. The Morgan fingerprint density at radius 2 is 0.778 bits per heavy atom. The van der Waals surface area contributed by atoms with Crippen molar-refractivity contribution in [2.45, 2.75) is 366 Å². The zero-order valence-electron chi connectivity index (χ0n) is 52.3. The fourth-order valence-electron chi connectivity index (χ4n) is 10.6. The highest BCUT2D eigenvalue weighted by molar-refractivity contribution is 5.74. The summed E-state index contributed by atoms with van der Waals surface area (Å²) in [6, 6.07) is 0. The number of esters is 3. The van der Waals surface area contributed by atoms with E-state index >= 15 is 0 Å². The zero-order valence-corrected chi connectivity index (χ0v) is 52.3.